The first kappa shape index (κ1) is 12.0. The fourth-order valence-corrected chi connectivity index (χ4v) is 2.18. The van der Waals surface area contributed by atoms with Gasteiger partial charge in [-0.3, -0.25) is 4.79 Å². The number of aliphatic carboxylic acids is 1. The summed E-state index contributed by atoms with van der Waals surface area (Å²) >= 11 is 0. The highest BCUT2D eigenvalue weighted by molar-refractivity contribution is 5.75. The summed E-state index contributed by atoms with van der Waals surface area (Å²) in [6.45, 7) is 0. The Morgan fingerprint density at radius 1 is 1.41 bits per heavy atom. The molecule has 1 aliphatic rings. The van der Waals surface area contributed by atoms with Crippen molar-refractivity contribution in [2.24, 2.45) is 11.1 Å². The van der Waals surface area contributed by atoms with Crippen LogP contribution >= 0.6 is 0 Å². The van der Waals surface area contributed by atoms with E-state index >= 15 is 0 Å². The van der Waals surface area contributed by atoms with Crippen molar-refractivity contribution in [2.45, 2.75) is 31.7 Å². The molecule has 3 N–H and O–H groups in total. The summed E-state index contributed by atoms with van der Waals surface area (Å²) < 4.78 is 12.7. The number of hydrogen-bond acceptors (Lipinski definition) is 2. The fraction of sp³-hybridized carbons (Fsp3) is 0.462. The molecule has 17 heavy (non-hydrogen) atoms. The van der Waals surface area contributed by atoms with Gasteiger partial charge in [0.1, 0.15) is 11.9 Å². The zero-order valence-corrected chi connectivity index (χ0v) is 9.53. The number of benzene rings is 1. The van der Waals surface area contributed by atoms with E-state index in [2.05, 4.69) is 0 Å². The van der Waals surface area contributed by atoms with Crippen molar-refractivity contribution in [2.75, 3.05) is 0 Å². The van der Waals surface area contributed by atoms with Crippen LogP contribution in [0.1, 0.15) is 24.8 Å². The number of aryl methyl sites for hydroxylation is 1. The Kier molecular flexibility index (Phi) is 3.15. The number of halogens is 1. The van der Waals surface area contributed by atoms with Crippen molar-refractivity contribution in [1.82, 2.24) is 0 Å². The van der Waals surface area contributed by atoms with E-state index in [-0.39, 0.29) is 11.2 Å². The molecule has 0 spiro atoms. The number of rotatable bonds is 5. The molecule has 3 nitrogen and oxygen atoms in total. The molecular weight excluding hydrogens is 221 g/mol. The lowest BCUT2D eigenvalue weighted by Crippen LogP contribution is -2.39. The summed E-state index contributed by atoms with van der Waals surface area (Å²) in [7, 11) is 0. The van der Waals surface area contributed by atoms with Crippen molar-refractivity contribution in [3.63, 3.8) is 0 Å². The second-order valence-corrected chi connectivity index (χ2v) is 4.80. The number of hydrogen-bond donors (Lipinski definition) is 2. The first-order valence-corrected chi connectivity index (χ1v) is 5.76. The Bertz CT molecular complexity index is 412. The van der Waals surface area contributed by atoms with E-state index in [1.165, 1.54) is 12.1 Å². The molecule has 0 bridgehead atoms. The first-order valence-electron chi connectivity index (χ1n) is 5.76. The quantitative estimate of drug-likeness (QED) is 0.822. The van der Waals surface area contributed by atoms with Crippen LogP contribution in [-0.4, -0.2) is 17.1 Å². The summed E-state index contributed by atoms with van der Waals surface area (Å²) in [5.74, 6) is -1.18. The van der Waals surface area contributed by atoms with Crippen molar-refractivity contribution < 1.29 is 14.3 Å². The predicted molar refractivity (Wildman–Crippen MR) is 62.0 cm³/mol. The van der Waals surface area contributed by atoms with Gasteiger partial charge in [-0.25, -0.2) is 4.39 Å². The van der Waals surface area contributed by atoms with E-state index in [0.29, 0.717) is 0 Å². The number of carbonyl (C=O) groups is 1. The minimum absolute atomic E-state index is 0.236. The third kappa shape index (κ3) is 2.64. The van der Waals surface area contributed by atoms with E-state index in [1.807, 2.05) is 0 Å². The van der Waals surface area contributed by atoms with Crippen LogP contribution in [0.25, 0.3) is 0 Å². The SMILES string of the molecule is NC(C(=O)O)C1(CCc2ccc(F)cc2)CC1. The van der Waals surface area contributed by atoms with Crippen molar-refractivity contribution in [1.29, 1.82) is 0 Å². The van der Waals surface area contributed by atoms with Crippen LogP contribution in [0.4, 0.5) is 4.39 Å². The molecule has 0 aromatic heterocycles. The molecule has 1 saturated carbocycles. The fourth-order valence-electron chi connectivity index (χ4n) is 2.18. The molecule has 1 atom stereocenters. The molecular formula is C13H16FNO2. The first-order chi connectivity index (χ1) is 8.03. The molecule has 92 valence electrons. The van der Waals surface area contributed by atoms with Gasteiger partial charge in [0, 0.05) is 0 Å². The van der Waals surface area contributed by atoms with Gasteiger partial charge in [0.25, 0.3) is 0 Å². The summed E-state index contributed by atoms with van der Waals surface area (Å²) in [4.78, 5) is 10.9. The highest BCUT2D eigenvalue weighted by atomic mass is 19.1. The summed E-state index contributed by atoms with van der Waals surface area (Å²) in [5, 5.41) is 8.92. The molecule has 2 rings (SSSR count). The highest BCUT2D eigenvalue weighted by Crippen LogP contribution is 2.51. The normalized spacial score (nSPS) is 18.7. The molecule has 1 unspecified atom stereocenters. The van der Waals surface area contributed by atoms with E-state index < -0.39 is 12.0 Å². The second kappa shape index (κ2) is 4.45. The molecule has 0 aliphatic heterocycles. The maximum absolute atomic E-state index is 12.7. The van der Waals surface area contributed by atoms with Crippen molar-refractivity contribution in [3.8, 4) is 0 Å². The van der Waals surface area contributed by atoms with Gasteiger partial charge in [-0.2, -0.15) is 0 Å². The van der Waals surface area contributed by atoms with Gasteiger partial charge in [-0.05, 0) is 48.8 Å². The zero-order valence-electron chi connectivity index (χ0n) is 9.53. The minimum atomic E-state index is -0.929. The average Bonchev–Trinajstić information content (AvgIpc) is 3.08. The van der Waals surface area contributed by atoms with Crippen LogP contribution in [0, 0.1) is 11.2 Å². The summed E-state index contributed by atoms with van der Waals surface area (Å²) in [5.41, 5.74) is 6.47. The lowest BCUT2D eigenvalue weighted by Gasteiger charge is -2.19. The van der Waals surface area contributed by atoms with Gasteiger partial charge < -0.3 is 10.8 Å². The monoisotopic (exact) mass is 237 g/mol. The summed E-state index contributed by atoms with van der Waals surface area (Å²) in [6, 6.07) is 5.54. The third-order valence-electron chi connectivity index (χ3n) is 3.64. The van der Waals surface area contributed by atoms with Crippen LogP contribution in [0.3, 0.4) is 0 Å². The molecule has 1 aromatic rings. The van der Waals surface area contributed by atoms with Gasteiger partial charge in [-0.15, -0.1) is 0 Å². The van der Waals surface area contributed by atoms with Gasteiger partial charge in [0.05, 0.1) is 0 Å². The number of carboxylic acids is 1. The summed E-state index contributed by atoms with van der Waals surface area (Å²) in [6.07, 6.45) is 3.26. The Morgan fingerprint density at radius 2 is 2.00 bits per heavy atom. The van der Waals surface area contributed by atoms with Crippen LogP contribution in [-0.2, 0) is 11.2 Å². The smallest absolute Gasteiger partial charge is 0.321 e. The van der Waals surface area contributed by atoms with Gasteiger partial charge in [0.15, 0.2) is 0 Å². The van der Waals surface area contributed by atoms with E-state index in [9.17, 15) is 9.18 Å². The van der Waals surface area contributed by atoms with Gasteiger partial charge in [0.2, 0.25) is 0 Å². The minimum Gasteiger partial charge on any atom is -0.480 e. The maximum Gasteiger partial charge on any atom is 0.321 e. The number of nitrogens with two attached hydrogens (primary N) is 1. The zero-order chi connectivity index (χ0) is 12.5. The van der Waals surface area contributed by atoms with Gasteiger partial charge >= 0.3 is 5.97 Å². The largest absolute Gasteiger partial charge is 0.480 e. The average molecular weight is 237 g/mol. The third-order valence-corrected chi connectivity index (χ3v) is 3.64. The molecule has 1 aromatic carbocycles. The van der Waals surface area contributed by atoms with Crippen molar-refractivity contribution in [3.05, 3.63) is 35.6 Å². The van der Waals surface area contributed by atoms with E-state index in [0.717, 1.165) is 31.2 Å². The standard InChI is InChI=1S/C13H16FNO2/c14-10-3-1-9(2-4-10)5-6-13(7-8-13)11(15)12(16)17/h1-4,11H,5-8,15H2,(H,16,17). The molecule has 1 fully saturated rings. The topological polar surface area (TPSA) is 63.3 Å². The van der Waals surface area contributed by atoms with Crippen LogP contribution in [0.2, 0.25) is 0 Å². The Hall–Kier alpha value is -1.42. The molecule has 0 amide bonds. The van der Waals surface area contributed by atoms with E-state index in [1.54, 1.807) is 12.1 Å². The van der Waals surface area contributed by atoms with Crippen molar-refractivity contribution >= 4 is 5.97 Å². The number of carboxylic acid groups (broad SMARTS) is 1. The molecule has 1 aliphatic carbocycles. The van der Waals surface area contributed by atoms with E-state index in [4.69, 9.17) is 10.8 Å². The van der Waals surface area contributed by atoms with Crippen LogP contribution < -0.4 is 5.73 Å². The Balaban J connectivity index is 1.94. The highest BCUT2D eigenvalue weighted by Gasteiger charge is 2.50. The molecule has 0 radical (unpaired) electrons. The van der Waals surface area contributed by atoms with Crippen LogP contribution in [0.5, 0.6) is 0 Å². The maximum atomic E-state index is 12.7. The predicted octanol–water partition coefficient (Wildman–Crippen LogP) is 1.95. The molecule has 0 saturated heterocycles. The molecule has 4 heteroatoms. The molecule has 0 heterocycles. The lowest BCUT2D eigenvalue weighted by molar-refractivity contribution is -0.140. The Labute approximate surface area is 99.4 Å². The Morgan fingerprint density at radius 3 is 2.47 bits per heavy atom. The van der Waals surface area contributed by atoms with Gasteiger partial charge in [-0.1, -0.05) is 12.1 Å². The lowest BCUT2D eigenvalue weighted by atomic mass is 9.90. The second-order valence-electron chi connectivity index (χ2n) is 4.80. The van der Waals surface area contributed by atoms with Crippen LogP contribution in [0.15, 0.2) is 24.3 Å².